The summed E-state index contributed by atoms with van der Waals surface area (Å²) in [5, 5.41) is 0. The molecule has 0 spiro atoms. The fourth-order valence-corrected chi connectivity index (χ4v) is 3.10. The van der Waals surface area contributed by atoms with E-state index in [0.29, 0.717) is 17.8 Å². The summed E-state index contributed by atoms with van der Waals surface area (Å²) in [6.07, 6.45) is 2.21. The quantitative estimate of drug-likeness (QED) is 0.742. The second-order valence-corrected chi connectivity index (χ2v) is 6.30. The van der Waals surface area contributed by atoms with Crippen molar-refractivity contribution in [3.8, 4) is 11.1 Å². The smallest absolute Gasteiger partial charge is 0.414 e. The third-order valence-corrected chi connectivity index (χ3v) is 4.70. The molecule has 1 fully saturated rings. The number of halogens is 1. The second-order valence-electron chi connectivity index (χ2n) is 5.42. The van der Waals surface area contributed by atoms with Crippen LogP contribution in [-0.2, 0) is 4.74 Å². The first-order valence-corrected chi connectivity index (χ1v) is 8.77. The molecule has 0 aliphatic carbocycles. The Labute approximate surface area is 139 Å². The number of hydrogen-bond donors (Lipinski definition) is 0. The van der Waals surface area contributed by atoms with Crippen LogP contribution < -0.4 is 4.90 Å². The third-order valence-electron chi connectivity index (χ3n) is 3.97. The molecule has 1 saturated heterocycles. The molecule has 1 unspecified atom stereocenters. The first-order valence-electron chi connectivity index (χ1n) is 7.54. The molecule has 0 aromatic heterocycles. The number of cyclic esters (lactones) is 1. The molecule has 3 rings (SSSR count). The second kappa shape index (κ2) is 6.62. The molecule has 1 heterocycles. The predicted octanol–water partition coefficient (Wildman–Crippen LogP) is 4.95. The Kier molecular flexibility index (Phi) is 4.57. The largest absolute Gasteiger partial charge is 0.444 e. The highest BCUT2D eigenvalue weighted by Gasteiger charge is 2.31. The van der Waals surface area contributed by atoms with E-state index in [2.05, 4.69) is 0 Å². The van der Waals surface area contributed by atoms with E-state index in [1.165, 1.54) is 11.0 Å². The van der Waals surface area contributed by atoms with Gasteiger partial charge in [0.15, 0.2) is 0 Å². The van der Waals surface area contributed by atoms with Gasteiger partial charge in [-0.1, -0.05) is 19.1 Å². The average Bonchev–Trinajstić information content (AvgIpc) is 2.96. The van der Waals surface area contributed by atoms with Crippen molar-refractivity contribution in [2.75, 3.05) is 17.7 Å². The van der Waals surface area contributed by atoms with Gasteiger partial charge in [0.2, 0.25) is 0 Å². The van der Waals surface area contributed by atoms with Crippen molar-refractivity contribution in [2.45, 2.75) is 24.3 Å². The summed E-state index contributed by atoms with van der Waals surface area (Å²) in [5.41, 5.74) is 1.90. The molecule has 0 N–H and O–H groups in total. The number of benzene rings is 2. The van der Waals surface area contributed by atoms with Gasteiger partial charge in [0.25, 0.3) is 0 Å². The Balaban J connectivity index is 1.90. The van der Waals surface area contributed by atoms with Crippen molar-refractivity contribution in [3.05, 3.63) is 48.3 Å². The Morgan fingerprint density at radius 2 is 2.13 bits per heavy atom. The van der Waals surface area contributed by atoms with Gasteiger partial charge in [0.1, 0.15) is 11.9 Å². The van der Waals surface area contributed by atoms with Crippen LogP contribution in [0.3, 0.4) is 0 Å². The molecular formula is C18H18FNO2S. The van der Waals surface area contributed by atoms with E-state index < -0.39 is 6.09 Å². The minimum atomic E-state index is -0.409. The van der Waals surface area contributed by atoms with E-state index >= 15 is 0 Å². The minimum Gasteiger partial charge on any atom is -0.444 e. The fraction of sp³-hybridized carbons (Fsp3) is 0.278. The maximum Gasteiger partial charge on any atom is 0.414 e. The van der Waals surface area contributed by atoms with Gasteiger partial charge >= 0.3 is 6.09 Å². The van der Waals surface area contributed by atoms with E-state index in [9.17, 15) is 9.18 Å². The number of carbonyl (C=O) groups excluding carboxylic acids is 1. The zero-order valence-corrected chi connectivity index (χ0v) is 13.9. The molecule has 1 aliphatic rings. The number of hydrogen-bond acceptors (Lipinski definition) is 3. The molecule has 120 valence electrons. The molecule has 1 atom stereocenters. The Morgan fingerprint density at radius 1 is 1.30 bits per heavy atom. The maximum atomic E-state index is 14.5. The number of anilines is 1. The Hall–Kier alpha value is -2.01. The number of rotatable bonds is 4. The van der Waals surface area contributed by atoms with Gasteiger partial charge in [-0.3, -0.25) is 4.90 Å². The Morgan fingerprint density at radius 3 is 2.78 bits per heavy atom. The summed E-state index contributed by atoms with van der Waals surface area (Å²) in [4.78, 5) is 14.4. The van der Waals surface area contributed by atoms with Crippen molar-refractivity contribution in [2.24, 2.45) is 0 Å². The van der Waals surface area contributed by atoms with Gasteiger partial charge in [-0.2, -0.15) is 0 Å². The zero-order valence-electron chi connectivity index (χ0n) is 13.1. The van der Waals surface area contributed by atoms with Gasteiger partial charge < -0.3 is 4.74 Å². The van der Waals surface area contributed by atoms with E-state index in [1.807, 2.05) is 37.4 Å². The first kappa shape index (κ1) is 15.9. The van der Waals surface area contributed by atoms with Crippen LogP contribution in [0.4, 0.5) is 14.9 Å². The topological polar surface area (TPSA) is 29.5 Å². The van der Waals surface area contributed by atoms with E-state index in [0.717, 1.165) is 16.9 Å². The minimum absolute atomic E-state index is 0.122. The number of amides is 1. The van der Waals surface area contributed by atoms with Crippen LogP contribution in [0.1, 0.15) is 13.3 Å². The van der Waals surface area contributed by atoms with E-state index in [4.69, 9.17) is 4.74 Å². The van der Waals surface area contributed by atoms with Crippen LogP contribution in [0.25, 0.3) is 11.1 Å². The molecule has 5 heteroatoms. The summed E-state index contributed by atoms with van der Waals surface area (Å²) >= 11 is 1.62. The van der Waals surface area contributed by atoms with Crippen LogP contribution in [0.15, 0.2) is 47.4 Å². The van der Waals surface area contributed by atoms with Crippen molar-refractivity contribution in [1.29, 1.82) is 0 Å². The van der Waals surface area contributed by atoms with Crippen LogP contribution in [-0.4, -0.2) is 25.0 Å². The molecule has 23 heavy (non-hydrogen) atoms. The van der Waals surface area contributed by atoms with Crippen LogP contribution in [0, 0.1) is 5.82 Å². The molecule has 2 aromatic rings. The average molecular weight is 331 g/mol. The molecule has 0 radical (unpaired) electrons. The number of thioether (sulfide) groups is 1. The normalized spacial score (nSPS) is 17.4. The standard InChI is InChI=1S/C18H18FNO2S/c1-3-14-11-20(18(21)22-14)13-7-8-16(17(19)10-13)12-5-4-6-15(9-12)23-2/h4-10,14H,3,11H2,1-2H3. The van der Waals surface area contributed by atoms with Crippen molar-refractivity contribution in [3.63, 3.8) is 0 Å². The summed E-state index contributed by atoms with van der Waals surface area (Å²) in [7, 11) is 0. The number of nitrogens with zero attached hydrogens (tertiary/aromatic N) is 1. The molecule has 0 bridgehead atoms. The molecule has 2 aromatic carbocycles. The Bertz CT molecular complexity index is 735. The SMILES string of the molecule is CCC1CN(c2ccc(-c3cccc(SC)c3)c(F)c2)C(=O)O1. The lowest BCUT2D eigenvalue weighted by molar-refractivity contribution is 0.139. The highest BCUT2D eigenvalue weighted by molar-refractivity contribution is 7.98. The fourth-order valence-electron chi connectivity index (χ4n) is 2.64. The van der Waals surface area contributed by atoms with Gasteiger partial charge in [0, 0.05) is 10.5 Å². The van der Waals surface area contributed by atoms with E-state index in [-0.39, 0.29) is 11.9 Å². The summed E-state index contributed by atoms with van der Waals surface area (Å²) in [5.74, 6) is -0.339. The lowest BCUT2D eigenvalue weighted by atomic mass is 10.0. The van der Waals surface area contributed by atoms with Crippen LogP contribution >= 0.6 is 11.8 Å². The lowest BCUT2D eigenvalue weighted by Gasteiger charge is -2.14. The van der Waals surface area contributed by atoms with Gasteiger partial charge in [-0.05, 0) is 48.6 Å². The first-order chi connectivity index (χ1) is 11.1. The van der Waals surface area contributed by atoms with Gasteiger partial charge in [-0.25, -0.2) is 9.18 Å². The molecular weight excluding hydrogens is 313 g/mol. The molecule has 1 amide bonds. The number of carbonyl (C=O) groups is 1. The van der Waals surface area contributed by atoms with Crippen LogP contribution in [0.5, 0.6) is 0 Å². The van der Waals surface area contributed by atoms with Gasteiger partial charge in [-0.15, -0.1) is 11.8 Å². The van der Waals surface area contributed by atoms with Crippen molar-refractivity contribution in [1.82, 2.24) is 0 Å². The van der Waals surface area contributed by atoms with E-state index in [1.54, 1.807) is 23.9 Å². The maximum absolute atomic E-state index is 14.5. The van der Waals surface area contributed by atoms with Crippen molar-refractivity contribution < 1.29 is 13.9 Å². The summed E-state index contributed by atoms with van der Waals surface area (Å²) < 4.78 is 19.8. The highest BCUT2D eigenvalue weighted by Crippen LogP contribution is 2.31. The molecule has 1 aliphatic heterocycles. The molecule has 0 saturated carbocycles. The van der Waals surface area contributed by atoms with Gasteiger partial charge in [0.05, 0.1) is 12.2 Å². The summed E-state index contributed by atoms with van der Waals surface area (Å²) in [6.45, 7) is 2.43. The van der Waals surface area contributed by atoms with Crippen molar-refractivity contribution >= 4 is 23.5 Å². The summed E-state index contributed by atoms with van der Waals surface area (Å²) in [6, 6.07) is 12.6. The lowest BCUT2D eigenvalue weighted by Crippen LogP contribution is -2.24. The third kappa shape index (κ3) is 3.20. The predicted molar refractivity (Wildman–Crippen MR) is 91.5 cm³/mol. The van der Waals surface area contributed by atoms with Crippen LogP contribution in [0.2, 0.25) is 0 Å². The monoisotopic (exact) mass is 331 g/mol. The zero-order chi connectivity index (χ0) is 16.4. The number of ether oxygens (including phenoxy) is 1. The highest BCUT2D eigenvalue weighted by atomic mass is 32.2. The molecule has 3 nitrogen and oxygen atoms in total.